The van der Waals surface area contributed by atoms with Crippen molar-refractivity contribution in [3.63, 3.8) is 0 Å². The number of aromatic nitrogens is 1. The molecule has 23 heavy (non-hydrogen) atoms. The molecular weight excluding hydrogens is 316 g/mol. The number of thioether (sulfide) groups is 1. The molecule has 1 N–H and O–H groups in total. The minimum absolute atomic E-state index is 0.0522. The zero-order valence-corrected chi connectivity index (χ0v) is 13.6. The second-order valence-electron chi connectivity index (χ2n) is 5.85. The molecule has 0 spiro atoms. The highest BCUT2D eigenvalue weighted by Gasteiger charge is 2.31. The molecule has 0 unspecified atom stereocenters. The average Bonchev–Trinajstić information content (AvgIpc) is 3.25. The van der Waals surface area contributed by atoms with Gasteiger partial charge in [0, 0.05) is 31.1 Å². The number of carbonyl (C=O) groups is 2. The summed E-state index contributed by atoms with van der Waals surface area (Å²) in [6, 6.07) is 3.14. The Kier molecular flexibility index (Phi) is 5.17. The van der Waals surface area contributed by atoms with E-state index in [9.17, 15) is 9.59 Å². The summed E-state index contributed by atoms with van der Waals surface area (Å²) < 4.78 is 5.69. The van der Waals surface area contributed by atoms with E-state index < -0.39 is 5.97 Å². The molecule has 0 bridgehead atoms. The number of amides is 1. The fourth-order valence-electron chi connectivity index (χ4n) is 2.99. The molecule has 3 heterocycles. The van der Waals surface area contributed by atoms with Gasteiger partial charge in [0.05, 0.1) is 11.7 Å². The normalized spacial score (nSPS) is 23.8. The maximum Gasteiger partial charge on any atom is 0.354 e. The summed E-state index contributed by atoms with van der Waals surface area (Å²) in [5, 5.41) is 8.91. The Labute approximate surface area is 139 Å². The maximum absolute atomic E-state index is 12.9. The van der Waals surface area contributed by atoms with Crippen LogP contribution in [0.5, 0.6) is 0 Å². The van der Waals surface area contributed by atoms with Gasteiger partial charge in [0.1, 0.15) is 5.69 Å². The number of hydrogen-bond acceptors (Lipinski definition) is 5. The Bertz CT molecular complexity index is 566. The van der Waals surface area contributed by atoms with Gasteiger partial charge in [-0.2, -0.15) is 11.8 Å². The first-order chi connectivity index (χ1) is 11.1. The summed E-state index contributed by atoms with van der Waals surface area (Å²) in [5.74, 6) is 0.833. The van der Waals surface area contributed by atoms with Gasteiger partial charge in [-0.15, -0.1) is 0 Å². The third-order valence-corrected chi connectivity index (χ3v) is 5.41. The first kappa shape index (κ1) is 16.3. The van der Waals surface area contributed by atoms with Crippen LogP contribution in [0.3, 0.4) is 0 Å². The molecule has 2 aliphatic heterocycles. The summed E-state index contributed by atoms with van der Waals surface area (Å²) in [6.45, 7) is 1.37. The minimum atomic E-state index is -1.09. The van der Waals surface area contributed by atoms with Crippen molar-refractivity contribution in [3.05, 3.63) is 29.6 Å². The van der Waals surface area contributed by atoms with Crippen LogP contribution in [0.15, 0.2) is 18.3 Å². The van der Waals surface area contributed by atoms with Crippen molar-refractivity contribution in [2.75, 3.05) is 24.7 Å². The Morgan fingerprint density at radius 2 is 2.26 bits per heavy atom. The summed E-state index contributed by atoms with van der Waals surface area (Å²) in [7, 11) is 0. The van der Waals surface area contributed by atoms with Crippen LogP contribution in [-0.2, 0) is 4.74 Å². The highest BCUT2D eigenvalue weighted by atomic mass is 32.2. The molecular formula is C16H20N2O4S. The molecule has 2 fully saturated rings. The molecule has 0 aromatic carbocycles. The fraction of sp³-hybridized carbons (Fsp3) is 0.562. The van der Waals surface area contributed by atoms with Gasteiger partial charge >= 0.3 is 5.97 Å². The number of carboxylic acids is 1. The number of rotatable bonds is 5. The van der Waals surface area contributed by atoms with Crippen LogP contribution in [-0.4, -0.2) is 63.7 Å². The smallest absolute Gasteiger partial charge is 0.354 e. The molecule has 3 rings (SSSR count). The van der Waals surface area contributed by atoms with E-state index >= 15 is 0 Å². The van der Waals surface area contributed by atoms with Crippen molar-refractivity contribution in [3.8, 4) is 0 Å². The van der Waals surface area contributed by atoms with Gasteiger partial charge in [0.2, 0.25) is 0 Å². The first-order valence-corrected chi connectivity index (χ1v) is 9.00. The number of hydrogen-bond donors (Lipinski definition) is 1. The summed E-state index contributed by atoms with van der Waals surface area (Å²) >= 11 is 1.86. The molecule has 0 saturated carbocycles. The van der Waals surface area contributed by atoms with Crippen LogP contribution >= 0.6 is 11.8 Å². The Balaban J connectivity index is 1.76. The number of ether oxygens (including phenoxy) is 1. The topological polar surface area (TPSA) is 79.7 Å². The Hall–Kier alpha value is -1.60. The predicted octanol–water partition coefficient (Wildman–Crippen LogP) is 1.91. The third kappa shape index (κ3) is 3.84. The van der Waals surface area contributed by atoms with E-state index in [0.29, 0.717) is 12.1 Å². The largest absolute Gasteiger partial charge is 0.477 e. The molecule has 2 atom stereocenters. The van der Waals surface area contributed by atoms with Crippen molar-refractivity contribution in [1.29, 1.82) is 0 Å². The number of nitrogens with zero attached hydrogens (tertiary/aromatic N) is 2. The SMILES string of the molecule is O=C(O)c1ccc(C(=O)N(C[C@@H]2CCCO2)[C@H]2CCSC2)cn1. The standard InChI is InChI=1S/C16H20N2O4S/c19-15(11-3-4-14(16(20)21)17-8-11)18(12-5-7-23-10-12)9-13-2-1-6-22-13/h3-4,8,12-13H,1-2,5-7,9-10H2,(H,20,21)/t12-,13-/m0/s1. The first-order valence-electron chi connectivity index (χ1n) is 7.85. The van der Waals surface area contributed by atoms with Crippen molar-refractivity contribution in [1.82, 2.24) is 9.88 Å². The van der Waals surface area contributed by atoms with E-state index in [0.717, 1.165) is 37.4 Å². The van der Waals surface area contributed by atoms with Gasteiger partial charge in [0.25, 0.3) is 5.91 Å². The van der Waals surface area contributed by atoms with Gasteiger partial charge in [0.15, 0.2) is 0 Å². The predicted molar refractivity (Wildman–Crippen MR) is 86.9 cm³/mol. The maximum atomic E-state index is 12.9. The van der Waals surface area contributed by atoms with E-state index in [-0.39, 0.29) is 23.7 Å². The zero-order chi connectivity index (χ0) is 16.2. The molecule has 6 nitrogen and oxygen atoms in total. The zero-order valence-electron chi connectivity index (χ0n) is 12.8. The van der Waals surface area contributed by atoms with Crippen molar-refractivity contribution < 1.29 is 19.4 Å². The highest BCUT2D eigenvalue weighted by Crippen LogP contribution is 2.25. The van der Waals surface area contributed by atoms with E-state index in [1.54, 1.807) is 6.07 Å². The monoisotopic (exact) mass is 336 g/mol. The molecule has 7 heteroatoms. The van der Waals surface area contributed by atoms with Crippen LogP contribution in [0, 0.1) is 0 Å². The Morgan fingerprint density at radius 1 is 1.39 bits per heavy atom. The van der Waals surface area contributed by atoms with E-state index in [1.165, 1.54) is 12.3 Å². The second kappa shape index (κ2) is 7.31. The molecule has 1 amide bonds. The number of pyridine rings is 1. The molecule has 2 saturated heterocycles. The third-order valence-electron chi connectivity index (χ3n) is 4.26. The summed E-state index contributed by atoms with van der Waals surface area (Å²) in [5.41, 5.74) is 0.383. The molecule has 124 valence electrons. The minimum Gasteiger partial charge on any atom is -0.477 e. The van der Waals surface area contributed by atoms with E-state index in [4.69, 9.17) is 9.84 Å². The molecule has 0 radical (unpaired) electrons. The number of carbonyl (C=O) groups excluding carboxylic acids is 1. The van der Waals surface area contributed by atoms with Gasteiger partial charge in [-0.1, -0.05) is 0 Å². The Morgan fingerprint density at radius 3 is 2.83 bits per heavy atom. The van der Waals surface area contributed by atoms with Crippen LogP contribution in [0.4, 0.5) is 0 Å². The number of carboxylic acid groups (broad SMARTS) is 1. The molecule has 1 aromatic heterocycles. The van der Waals surface area contributed by atoms with Crippen LogP contribution in [0.1, 0.15) is 40.1 Å². The van der Waals surface area contributed by atoms with E-state index in [2.05, 4.69) is 4.98 Å². The fourth-order valence-corrected chi connectivity index (χ4v) is 4.21. The van der Waals surface area contributed by atoms with Crippen LogP contribution < -0.4 is 0 Å². The van der Waals surface area contributed by atoms with E-state index in [1.807, 2.05) is 16.7 Å². The summed E-state index contributed by atoms with van der Waals surface area (Å²) in [6.07, 6.45) is 4.48. The molecule has 0 aliphatic carbocycles. The van der Waals surface area contributed by atoms with Crippen LogP contribution in [0.2, 0.25) is 0 Å². The van der Waals surface area contributed by atoms with Crippen LogP contribution in [0.25, 0.3) is 0 Å². The quantitative estimate of drug-likeness (QED) is 0.885. The highest BCUT2D eigenvalue weighted by molar-refractivity contribution is 7.99. The van der Waals surface area contributed by atoms with Gasteiger partial charge < -0.3 is 14.7 Å². The summed E-state index contributed by atoms with van der Waals surface area (Å²) in [4.78, 5) is 29.5. The average molecular weight is 336 g/mol. The lowest BCUT2D eigenvalue weighted by Gasteiger charge is -2.30. The lowest BCUT2D eigenvalue weighted by atomic mass is 10.1. The number of aromatic carboxylic acids is 1. The van der Waals surface area contributed by atoms with Crippen molar-refractivity contribution >= 4 is 23.6 Å². The molecule has 2 aliphatic rings. The van der Waals surface area contributed by atoms with Crippen molar-refractivity contribution in [2.24, 2.45) is 0 Å². The molecule has 1 aromatic rings. The van der Waals surface area contributed by atoms with Crippen molar-refractivity contribution in [2.45, 2.75) is 31.4 Å². The van der Waals surface area contributed by atoms with Gasteiger partial charge in [-0.3, -0.25) is 4.79 Å². The lowest BCUT2D eigenvalue weighted by molar-refractivity contribution is 0.0441. The lowest BCUT2D eigenvalue weighted by Crippen LogP contribution is -2.44. The van der Waals surface area contributed by atoms with Gasteiger partial charge in [-0.05, 0) is 37.1 Å². The van der Waals surface area contributed by atoms with Gasteiger partial charge in [-0.25, -0.2) is 9.78 Å². The second-order valence-corrected chi connectivity index (χ2v) is 7.00.